The fourth-order valence-corrected chi connectivity index (χ4v) is 6.52. The van der Waals surface area contributed by atoms with Crippen LogP contribution in [0.25, 0.3) is 0 Å². The van der Waals surface area contributed by atoms with Crippen LogP contribution in [-0.4, -0.2) is 61.5 Å². The highest BCUT2D eigenvalue weighted by atomic mass is 79.9. The predicted molar refractivity (Wildman–Crippen MR) is 99.1 cm³/mol. The van der Waals surface area contributed by atoms with Gasteiger partial charge in [0.05, 0.1) is 23.8 Å². The SMILES string of the molecule is [2H]OC(C(=O)OC1CC2C3OC3C(C1)[N+]2(C)C)(c1cccs1)c1cccs1.[Br-]. The standard InChI is InChI=1S/C19H22NO4S2.BrH/c1-20(2)12-9-11(10-13(20)17-16(12)24-17)23-18(21)19(22,14-5-3-7-25-14)15-6-4-8-26-15;/h3-8,11-13,16-17,22H,9-10H2,1-2H3;1H/q+1;/p-1/i22D;. The van der Waals surface area contributed by atoms with Gasteiger partial charge in [0.1, 0.15) is 30.4 Å². The maximum Gasteiger partial charge on any atom is 0.349 e. The number of fused-ring (bicyclic) bond motifs is 5. The topological polar surface area (TPSA) is 59.1 Å². The Morgan fingerprint density at radius 2 is 1.78 bits per heavy atom. The molecule has 0 amide bonds. The van der Waals surface area contributed by atoms with Crippen LogP contribution in [0.4, 0.5) is 0 Å². The number of morpholine rings is 1. The number of quaternary nitrogens is 1. The van der Waals surface area contributed by atoms with E-state index in [9.17, 15) is 4.79 Å². The molecule has 5 nitrogen and oxygen atoms in total. The number of hydrogen-bond donors (Lipinski definition) is 1. The normalized spacial score (nSPS) is 33.6. The molecule has 2 aromatic heterocycles. The van der Waals surface area contributed by atoms with Gasteiger partial charge in [-0.05, 0) is 22.9 Å². The molecule has 8 heteroatoms. The summed E-state index contributed by atoms with van der Waals surface area (Å²) in [5.74, 6) is -0.492. The maximum absolute atomic E-state index is 13.4. The zero-order valence-corrected chi connectivity index (χ0v) is 18.3. The summed E-state index contributed by atoms with van der Waals surface area (Å²) >= 11 is 2.80. The molecule has 5 heterocycles. The molecule has 0 spiro atoms. The number of likely N-dealkylation sites (N-methyl/N-ethyl adjacent to an activating group) is 1. The third-order valence-corrected chi connectivity index (χ3v) is 8.28. The number of epoxide rings is 1. The minimum Gasteiger partial charge on any atom is -1.00 e. The molecule has 0 saturated carbocycles. The predicted octanol–water partition coefficient (Wildman–Crippen LogP) is -0.650. The molecule has 3 saturated heterocycles. The number of nitrogens with zero attached hydrogens (tertiary/aromatic N) is 1. The molecule has 2 bridgehead atoms. The fraction of sp³-hybridized carbons (Fsp3) is 0.526. The summed E-state index contributed by atoms with van der Waals surface area (Å²) in [6.45, 7) is 0. The van der Waals surface area contributed by atoms with Crippen LogP contribution >= 0.6 is 22.7 Å². The Bertz CT molecular complexity index is 790. The smallest absolute Gasteiger partial charge is 0.349 e. The van der Waals surface area contributed by atoms with E-state index in [1.807, 2.05) is 35.0 Å². The highest BCUT2D eigenvalue weighted by Crippen LogP contribution is 2.52. The zero-order valence-electron chi connectivity index (χ0n) is 16.0. The number of carbonyl (C=O) groups is 1. The van der Waals surface area contributed by atoms with Crippen molar-refractivity contribution in [3.8, 4) is 0 Å². The van der Waals surface area contributed by atoms with E-state index in [4.69, 9.17) is 16.0 Å². The van der Waals surface area contributed by atoms with E-state index in [1.54, 1.807) is 0 Å². The lowest BCUT2D eigenvalue weighted by Crippen LogP contribution is -3.00. The molecule has 5 rings (SSSR count). The van der Waals surface area contributed by atoms with Gasteiger partial charge in [-0.25, -0.2) is 4.79 Å². The van der Waals surface area contributed by atoms with Crippen LogP contribution in [0.1, 0.15) is 22.6 Å². The Labute approximate surface area is 178 Å². The highest BCUT2D eigenvalue weighted by Gasteiger charge is 2.71. The molecule has 2 aromatic rings. The lowest BCUT2D eigenvalue weighted by molar-refractivity contribution is -0.938. The second kappa shape index (κ2) is 6.64. The summed E-state index contributed by atoms with van der Waals surface area (Å²) in [5.41, 5.74) is -1.51. The number of thiophene rings is 2. The van der Waals surface area contributed by atoms with E-state index in [0.29, 0.717) is 34.0 Å². The van der Waals surface area contributed by atoms with Crippen molar-refractivity contribution in [1.29, 1.82) is 1.43 Å². The lowest BCUT2D eigenvalue weighted by atomic mass is 9.95. The van der Waals surface area contributed by atoms with Crippen molar-refractivity contribution in [2.24, 2.45) is 0 Å². The average molecular weight is 473 g/mol. The van der Waals surface area contributed by atoms with Crippen LogP contribution in [0.15, 0.2) is 35.0 Å². The van der Waals surface area contributed by atoms with Crippen molar-refractivity contribution in [2.75, 3.05) is 14.1 Å². The largest absolute Gasteiger partial charge is 1.00 e. The average Bonchev–Trinajstić information content (AvgIpc) is 3.00. The monoisotopic (exact) mass is 472 g/mol. The van der Waals surface area contributed by atoms with E-state index < -0.39 is 11.6 Å². The second-order valence-electron chi connectivity index (χ2n) is 7.96. The van der Waals surface area contributed by atoms with Crippen molar-refractivity contribution < 1.29 is 40.8 Å². The van der Waals surface area contributed by atoms with Gasteiger partial charge in [-0.15, -0.1) is 22.7 Å². The maximum atomic E-state index is 13.4. The van der Waals surface area contributed by atoms with Gasteiger partial charge in [0.2, 0.25) is 7.03 Å². The van der Waals surface area contributed by atoms with E-state index in [1.165, 1.54) is 22.7 Å². The van der Waals surface area contributed by atoms with Crippen LogP contribution in [0.3, 0.4) is 0 Å². The molecule has 4 atom stereocenters. The van der Waals surface area contributed by atoms with E-state index in [2.05, 4.69) is 14.1 Å². The van der Waals surface area contributed by atoms with Gasteiger partial charge >= 0.3 is 5.97 Å². The molecule has 146 valence electrons. The molecule has 3 aliphatic rings. The van der Waals surface area contributed by atoms with Crippen molar-refractivity contribution in [3.05, 3.63) is 44.8 Å². The fourth-order valence-electron chi connectivity index (χ4n) is 4.82. The van der Waals surface area contributed by atoms with Crippen LogP contribution in [0.2, 0.25) is 0 Å². The first-order valence-corrected chi connectivity index (χ1v) is 10.7. The first-order valence-electron chi connectivity index (χ1n) is 9.31. The number of ether oxygens (including phenoxy) is 2. The molecule has 1 N–H and O–H groups in total. The van der Waals surface area contributed by atoms with Crippen LogP contribution in [0.5, 0.6) is 0 Å². The van der Waals surface area contributed by atoms with E-state index >= 15 is 0 Å². The summed E-state index contributed by atoms with van der Waals surface area (Å²) < 4.78 is 20.5. The molecule has 3 fully saturated rings. The Balaban J connectivity index is 0.00000192. The highest BCUT2D eigenvalue weighted by molar-refractivity contribution is 7.12. The Kier molecular flexibility index (Phi) is 4.49. The van der Waals surface area contributed by atoms with Gasteiger partial charge in [0.25, 0.3) is 0 Å². The van der Waals surface area contributed by atoms with Crippen molar-refractivity contribution in [1.82, 2.24) is 0 Å². The molecular formula is C19H22BrNO4S2. The van der Waals surface area contributed by atoms with Gasteiger partial charge in [-0.2, -0.15) is 0 Å². The van der Waals surface area contributed by atoms with Gasteiger partial charge in [0, 0.05) is 12.8 Å². The third-order valence-electron chi connectivity index (χ3n) is 6.34. The lowest BCUT2D eigenvalue weighted by Gasteiger charge is -2.45. The molecule has 3 aliphatic heterocycles. The Morgan fingerprint density at radius 3 is 2.22 bits per heavy atom. The molecule has 4 unspecified atom stereocenters. The summed E-state index contributed by atoms with van der Waals surface area (Å²) in [6.07, 6.45) is 2.03. The summed E-state index contributed by atoms with van der Waals surface area (Å²) in [5, 5.41) is 8.91. The van der Waals surface area contributed by atoms with Gasteiger partial charge < -0.3 is 36.0 Å². The Morgan fingerprint density at radius 1 is 1.22 bits per heavy atom. The van der Waals surface area contributed by atoms with Crippen molar-refractivity contribution in [2.45, 2.75) is 48.8 Å². The van der Waals surface area contributed by atoms with Crippen LogP contribution < -0.4 is 17.0 Å². The number of carbonyl (C=O) groups excluding carboxylic acids is 1. The summed E-state index contributed by atoms with van der Waals surface area (Å²) in [7, 11) is 4.49. The minimum atomic E-state index is -1.51. The van der Waals surface area contributed by atoms with E-state index in [0.717, 1.165) is 17.3 Å². The summed E-state index contributed by atoms with van der Waals surface area (Å²) in [6, 6.07) is 8.10. The zero-order chi connectivity index (χ0) is 18.8. The van der Waals surface area contributed by atoms with Gasteiger partial charge in [-0.1, -0.05) is 12.1 Å². The minimum absolute atomic E-state index is 0. The number of rotatable bonds is 5. The summed E-state index contributed by atoms with van der Waals surface area (Å²) in [4.78, 5) is 14.7. The number of hydrogen-bond acceptors (Lipinski definition) is 6. The first-order chi connectivity index (χ1) is 13.0. The molecule has 0 aromatic carbocycles. The second-order valence-corrected chi connectivity index (χ2v) is 9.86. The Hall–Kier alpha value is -0.770. The van der Waals surface area contributed by atoms with E-state index in [-0.39, 0.29) is 23.1 Å². The van der Waals surface area contributed by atoms with Gasteiger partial charge in [-0.3, -0.25) is 0 Å². The number of esters is 1. The van der Waals surface area contributed by atoms with Gasteiger partial charge in [0.15, 0.2) is 0 Å². The molecule has 0 radical (unpaired) electrons. The van der Waals surface area contributed by atoms with Crippen LogP contribution in [-0.2, 0) is 19.9 Å². The van der Waals surface area contributed by atoms with Crippen LogP contribution in [0, 0.1) is 0 Å². The molecule has 27 heavy (non-hydrogen) atoms. The van der Waals surface area contributed by atoms with Crippen molar-refractivity contribution >= 4 is 28.6 Å². The number of piperidine rings is 1. The number of aliphatic hydroxyl groups is 1. The first kappa shape index (κ1) is 18.3. The third kappa shape index (κ3) is 2.84. The molecular weight excluding hydrogens is 450 g/mol. The van der Waals surface area contributed by atoms with Crippen molar-refractivity contribution in [3.63, 3.8) is 0 Å². The molecule has 0 aliphatic carbocycles. The quantitative estimate of drug-likeness (QED) is 0.357. The number of halogens is 1.